The highest BCUT2D eigenvalue weighted by molar-refractivity contribution is 5.59. The molecule has 9 heteroatoms. The fourth-order valence-electron chi connectivity index (χ4n) is 1.21. The minimum absolute atomic E-state index is 0.224. The molecule has 6 nitrogen and oxygen atoms in total. The van der Waals surface area contributed by atoms with Gasteiger partial charge in [0.2, 0.25) is 5.65 Å². The van der Waals surface area contributed by atoms with Crippen LogP contribution in [0.1, 0.15) is 5.56 Å². The zero-order valence-electron chi connectivity index (χ0n) is 7.47. The average molecular weight is 232 g/mol. The zero-order valence-corrected chi connectivity index (χ0v) is 7.47. The third-order valence-electron chi connectivity index (χ3n) is 1.90. The number of nitrogens with zero attached hydrogens (tertiary/aromatic N) is 4. The number of halogens is 3. The van der Waals surface area contributed by atoms with E-state index in [4.69, 9.17) is 0 Å². The topological polar surface area (TPSA) is 73.3 Å². The molecule has 84 valence electrons. The first-order chi connectivity index (χ1) is 7.39. The van der Waals surface area contributed by atoms with Gasteiger partial charge in [0, 0.05) is 12.3 Å². The SMILES string of the molecule is O=[N+]([O-])c1cc(C(F)(F)F)cn2cnnc12. The van der Waals surface area contributed by atoms with Crippen molar-refractivity contribution in [2.24, 2.45) is 0 Å². The second-order valence-corrected chi connectivity index (χ2v) is 2.93. The molecular formula is C7H3F3N4O2. The van der Waals surface area contributed by atoms with Crippen LogP contribution in [0.3, 0.4) is 0 Å². The van der Waals surface area contributed by atoms with Crippen LogP contribution in [0, 0.1) is 10.1 Å². The number of alkyl halides is 3. The van der Waals surface area contributed by atoms with Crippen molar-refractivity contribution < 1.29 is 18.1 Å². The Kier molecular flexibility index (Phi) is 2.04. The van der Waals surface area contributed by atoms with Crippen molar-refractivity contribution in [2.75, 3.05) is 0 Å². The van der Waals surface area contributed by atoms with Crippen LogP contribution < -0.4 is 0 Å². The first kappa shape index (κ1) is 10.3. The number of nitro groups is 1. The van der Waals surface area contributed by atoms with Crippen LogP contribution in [0.2, 0.25) is 0 Å². The maximum atomic E-state index is 12.4. The fourth-order valence-corrected chi connectivity index (χ4v) is 1.21. The van der Waals surface area contributed by atoms with Gasteiger partial charge < -0.3 is 0 Å². The lowest BCUT2D eigenvalue weighted by molar-refractivity contribution is -0.383. The van der Waals surface area contributed by atoms with E-state index in [1.807, 2.05) is 0 Å². The summed E-state index contributed by atoms with van der Waals surface area (Å²) in [7, 11) is 0. The first-order valence-electron chi connectivity index (χ1n) is 3.94. The Balaban J connectivity index is 2.76. The fraction of sp³-hybridized carbons (Fsp3) is 0.143. The maximum Gasteiger partial charge on any atom is 0.418 e. The van der Waals surface area contributed by atoms with Crippen molar-refractivity contribution in [2.45, 2.75) is 6.18 Å². The highest BCUT2D eigenvalue weighted by atomic mass is 19.4. The molecule has 0 amide bonds. The second kappa shape index (κ2) is 3.15. The van der Waals surface area contributed by atoms with Crippen LogP contribution in [0.5, 0.6) is 0 Å². The first-order valence-corrected chi connectivity index (χ1v) is 3.94. The summed E-state index contributed by atoms with van der Waals surface area (Å²) in [6, 6.07) is 0.435. The normalized spacial score (nSPS) is 11.9. The van der Waals surface area contributed by atoms with Crippen LogP contribution in [-0.2, 0) is 6.18 Å². The second-order valence-electron chi connectivity index (χ2n) is 2.93. The lowest BCUT2D eigenvalue weighted by Crippen LogP contribution is -2.08. The monoisotopic (exact) mass is 232 g/mol. The summed E-state index contributed by atoms with van der Waals surface area (Å²) in [5.41, 5.74) is -2.07. The summed E-state index contributed by atoms with van der Waals surface area (Å²) in [6.45, 7) is 0. The molecule has 2 heterocycles. The molecule has 0 N–H and O–H groups in total. The Morgan fingerprint density at radius 1 is 1.44 bits per heavy atom. The molecule has 0 unspecified atom stereocenters. The van der Waals surface area contributed by atoms with Gasteiger partial charge in [0.15, 0.2) is 0 Å². The molecule has 2 aromatic heterocycles. The van der Waals surface area contributed by atoms with E-state index >= 15 is 0 Å². The predicted molar refractivity (Wildman–Crippen MR) is 44.6 cm³/mol. The van der Waals surface area contributed by atoms with Crippen molar-refractivity contribution in [3.63, 3.8) is 0 Å². The quantitative estimate of drug-likeness (QED) is 0.553. The van der Waals surface area contributed by atoms with Gasteiger partial charge in [-0.1, -0.05) is 0 Å². The molecule has 16 heavy (non-hydrogen) atoms. The lowest BCUT2D eigenvalue weighted by atomic mass is 10.2. The third kappa shape index (κ3) is 1.55. The van der Waals surface area contributed by atoms with Crippen molar-refractivity contribution in [1.82, 2.24) is 14.6 Å². The van der Waals surface area contributed by atoms with Gasteiger partial charge in [0.25, 0.3) is 0 Å². The van der Waals surface area contributed by atoms with Gasteiger partial charge in [-0.3, -0.25) is 14.5 Å². The van der Waals surface area contributed by atoms with E-state index in [1.165, 1.54) is 0 Å². The predicted octanol–water partition coefficient (Wildman–Crippen LogP) is 1.66. The Labute approximate surface area is 85.5 Å². The molecule has 0 atom stereocenters. The molecule has 0 saturated heterocycles. The van der Waals surface area contributed by atoms with Crippen molar-refractivity contribution in [1.29, 1.82) is 0 Å². The van der Waals surface area contributed by atoms with E-state index in [-0.39, 0.29) is 5.65 Å². The van der Waals surface area contributed by atoms with Gasteiger partial charge in [-0.2, -0.15) is 13.2 Å². The number of hydrogen-bond acceptors (Lipinski definition) is 4. The molecule has 0 radical (unpaired) electrons. The van der Waals surface area contributed by atoms with Crippen LogP contribution in [-0.4, -0.2) is 19.5 Å². The summed E-state index contributed by atoms with van der Waals surface area (Å²) >= 11 is 0. The molecule has 0 aliphatic rings. The Bertz CT molecular complexity index is 562. The van der Waals surface area contributed by atoms with E-state index in [0.717, 1.165) is 10.7 Å². The Morgan fingerprint density at radius 2 is 2.12 bits per heavy atom. The average Bonchev–Trinajstić information content (AvgIpc) is 2.61. The minimum atomic E-state index is -4.65. The highest BCUT2D eigenvalue weighted by Gasteiger charge is 2.34. The van der Waals surface area contributed by atoms with Crippen molar-refractivity contribution >= 4 is 11.3 Å². The summed E-state index contributed by atoms with van der Waals surface area (Å²) in [4.78, 5) is 9.62. The molecule has 0 aliphatic carbocycles. The number of fused-ring (bicyclic) bond motifs is 1. The maximum absolute atomic E-state index is 12.4. The Morgan fingerprint density at radius 3 is 2.69 bits per heavy atom. The highest BCUT2D eigenvalue weighted by Crippen LogP contribution is 2.32. The molecule has 0 fully saturated rings. The third-order valence-corrected chi connectivity index (χ3v) is 1.90. The summed E-state index contributed by atoms with van der Waals surface area (Å²) in [5.74, 6) is 0. The summed E-state index contributed by atoms with van der Waals surface area (Å²) in [5, 5.41) is 17.2. The minimum Gasteiger partial charge on any atom is -0.283 e. The van der Waals surface area contributed by atoms with Crippen LogP contribution in [0.15, 0.2) is 18.6 Å². The van der Waals surface area contributed by atoms with E-state index in [2.05, 4.69) is 10.2 Å². The lowest BCUT2D eigenvalue weighted by Gasteiger charge is -2.06. The van der Waals surface area contributed by atoms with Gasteiger partial charge >= 0.3 is 11.9 Å². The van der Waals surface area contributed by atoms with Gasteiger partial charge in [-0.05, 0) is 0 Å². The van der Waals surface area contributed by atoms with E-state index in [1.54, 1.807) is 0 Å². The van der Waals surface area contributed by atoms with E-state index in [9.17, 15) is 23.3 Å². The number of rotatable bonds is 1. The molecule has 2 aromatic rings. The zero-order chi connectivity index (χ0) is 11.9. The molecule has 2 rings (SSSR count). The van der Waals surface area contributed by atoms with Crippen molar-refractivity contribution in [3.8, 4) is 0 Å². The van der Waals surface area contributed by atoms with Gasteiger partial charge in [0.05, 0.1) is 10.5 Å². The van der Waals surface area contributed by atoms with Crippen LogP contribution >= 0.6 is 0 Å². The molecule has 0 aliphatic heterocycles. The molecule has 0 saturated carbocycles. The number of hydrogen-bond donors (Lipinski definition) is 0. The van der Waals surface area contributed by atoms with Gasteiger partial charge in [0.1, 0.15) is 6.33 Å². The van der Waals surface area contributed by atoms with E-state index < -0.39 is 22.4 Å². The van der Waals surface area contributed by atoms with Gasteiger partial charge in [-0.25, -0.2) is 0 Å². The van der Waals surface area contributed by atoms with Crippen LogP contribution in [0.25, 0.3) is 5.65 Å². The number of pyridine rings is 1. The standard InChI is InChI=1S/C7H3F3N4O2/c8-7(9,10)4-1-5(14(15)16)6-12-11-3-13(6)2-4/h1-3H. The largest absolute Gasteiger partial charge is 0.418 e. The summed E-state index contributed by atoms with van der Waals surface area (Å²) in [6.07, 6.45) is -2.98. The molecule has 0 spiro atoms. The van der Waals surface area contributed by atoms with Crippen molar-refractivity contribution in [3.05, 3.63) is 34.3 Å². The Hall–Kier alpha value is -2.19. The van der Waals surface area contributed by atoms with Gasteiger partial charge in [-0.15, -0.1) is 10.2 Å². The molecule has 0 bridgehead atoms. The summed E-state index contributed by atoms with van der Waals surface area (Å²) < 4.78 is 38.0. The van der Waals surface area contributed by atoms with Crippen LogP contribution in [0.4, 0.5) is 18.9 Å². The molecule has 0 aromatic carbocycles. The number of aromatic nitrogens is 3. The van der Waals surface area contributed by atoms with E-state index in [0.29, 0.717) is 12.3 Å². The smallest absolute Gasteiger partial charge is 0.283 e. The molecular weight excluding hydrogens is 229 g/mol.